The number of carbonyl (C=O) groups is 2. The molecule has 6 heteroatoms. The van der Waals surface area contributed by atoms with Crippen molar-refractivity contribution in [1.29, 1.82) is 0 Å². The number of hydrogen-bond donors (Lipinski definition) is 1. The van der Waals surface area contributed by atoms with Gasteiger partial charge in [-0.15, -0.1) is 11.3 Å². The zero-order valence-corrected chi connectivity index (χ0v) is 15.4. The van der Waals surface area contributed by atoms with Gasteiger partial charge in [-0.3, -0.25) is 9.59 Å². The lowest BCUT2D eigenvalue weighted by Gasteiger charge is -2.33. The van der Waals surface area contributed by atoms with Crippen molar-refractivity contribution in [2.45, 2.75) is 58.4 Å². The summed E-state index contributed by atoms with van der Waals surface area (Å²) in [7, 11) is 0. The second-order valence-electron chi connectivity index (χ2n) is 7.30. The van der Waals surface area contributed by atoms with Gasteiger partial charge in [-0.05, 0) is 25.7 Å². The summed E-state index contributed by atoms with van der Waals surface area (Å²) in [6, 6.07) is 0. The minimum Gasteiger partial charge on any atom is -0.350 e. The number of thiazole rings is 1. The van der Waals surface area contributed by atoms with Crippen molar-refractivity contribution in [3.63, 3.8) is 0 Å². The molecule has 2 aliphatic rings. The van der Waals surface area contributed by atoms with Crippen molar-refractivity contribution in [1.82, 2.24) is 15.2 Å². The van der Waals surface area contributed by atoms with Gasteiger partial charge < -0.3 is 10.2 Å². The molecule has 1 atom stereocenters. The summed E-state index contributed by atoms with van der Waals surface area (Å²) < 4.78 is 0. The highest BCUT2D eigenvalue weighted by molar-refractivity contribution is 7.09. The number of rotatable bonds is 5. The quantitative estimate of drug-likeness (QED) is 0.889. The standard InChI is InChI=1S/C18H27N3O2S/c1-12(2)18(23)21-8-4-7-14(10-21)17-20-15(11-24-17)9-19-16(22)13-5-3-6-13/h11-14H,3-10H2,1-2H3,(H,19,22)/t14-/m1/s1. The molecule has 5 nitrogen and oxygen atoms in total. The summed E-state index contributed by atoms with van der Waals surface area (Å²) in [4.78, 5) is 30.8. The fourth-order valence-electron chi connectivity index (χ4n) is 3.33. The Morgan fingerprint density at radius 2 is 2.12 bits per heavy atom. The molecule has 3 rings (SSSR count). The van der Waals surface area contributed by atoms with Gasteiger partial charge in [0.05, 0.1) is 17.2 Å². The molecule has 1 saturated heterocycles. The maximum absolute atomic E-state index is 12.2. The van der Waals surface area contributed by atoms with Gasteiger partial charge in [0.1, 0.15) is 0 Å². The molecular weight excluding hydrogens is 322 g/mol. The summed E-state index contributed by atoms with van der Waals surface area (Å²) >= 11 is 1.66. The van der Waals surface area contributed by atoms with E-state index in [1.807, 2.05) is 24.1 Å². The van der Waals surface area contributed by atoms with E-state index >= 15 is 0 Å². The Morgan fingerprint density at radius 3 is 2.79 bits per heavy atom. The minimum atomic E-state index is 0.0531. The van der Waals surface area contributed by atoms with Crippen LogP contribution in [0.4, 0.5) is 0 Å². The summed E-state index contributed by atoms with van der Waals surface area (Å²) in [5.41, 5.74) is 0.940. The maximum Gasteiger partial charge on any atom is 0.225 e. The molecule has 132 valence electrons. The number of nitrogens with one attached hydrogen (secondary N) is 1. The number of nitrogens with zero attached hydrogens (tertiary/aromatic N) is 2. The smallest absolute Gasteiger partial charge is 0.225 e. The van der Waals surface area contributed by atoms with Crippen molar-refractivity contribution in [2.24, 2.45) is 11.8 Å². The Morgan fingerprint density at radius 1 is 1.33 bits per heavy atom. The third-order valence-corrected chi connectivity index (χ3v) is 6.12. The average molecular weight is 350 g/mol. The van der Waals surface area contributed by atoms with Crippen LogP contribution in [0, 0.1) is 11.8 Å². The van der Waals surface area contributed by atoms with E-state index in [9.17, 15) is 9.59 Å². The van der Waals surface area contributed by atoms with E-state index in [2.05, 4.69) is 5.32 Å². The van der Waals surface area contributed by atoms with Gasteiger partial charge in [-0.1, -0.05) is 20.3 Å². The first-order valence-electron chi connectivity index (χ1n) is 9.05. The van der Waals surface area contributed by atoms with Crippen LogP contribution in [0.2, 0.25) is 0 Å². The van der Waals surface area contributed by atoms with E-state index < -0.39 is 0 Å². The van der Waals surface area contributed by atoms with Gasteiger partial charge >= 0.3 is 0 Å². The van der Waals surface area contributed by atoms with Crippen LogP contribution in [0.15, 0.2) is 5.38 Å². The summed E-state index contributed by atoms with van der Waals surface area (Å²) in [5, 5.41) is 6.14. The van der Waals surface area contributed by atoms with Crippen LogP contribution >= 0.6 is 11.3 Å². The van der Waals surface area contributed by atoms with Crippen molar-refractivity contribution < 1.29 is 9.59 Å². The monoisotopic (exact) mass is 349 g/mol. The highest BCUT2D eigenvalue weighted by atomic mass is 32.1. The predicted octanol–water partition coefficient (Wildman–Crippen LogP) is 2.92. The lowest BCUT2D eigenvalue weighted by atomic mass is 9.85. The highest BCUT2D eigenvalue weighted by Gasteiger charge is 2.28. The van der Waals surface area contributed by atoms with Crippen LogP contribution in [0.3, 0.4) is 0 Å². The SMILES string of the molecule is CC(C)C(=O)N1CCC[C@@H](c2nc(CNC(=O)C3CCC3)cs2)C1. The van der Waals surface area contributed by atoms with Gasteiger partial charge in [0.2, 0.25) is 11.8 Å². The Balaban J connectivity index is 1.54. The third-order valence-electron chi connectivity index (χ3n) is 5.07. The predicted molar refractivity (Wildman–Crippen MR) is 94.7 cm³/mol. The Bertz CT molecular complexity index is 595. The molecule has 0 bridgehead atoms. The minimum absolute atomic E-state index is 0.0531. The van der Waals surface area contributed by atoms with Crippen LogP contribution in [0.1, 0.15) is 62.6 Å². The molecule has 1 aromatic heterocycles. The van der Waals surface area contributed by atoms with Crippen LogP contribution in [0.5, 0.6) is 0 Å². The first-order valence-corrected chi connectivity index (χ1v) is 9.93. The van der Waals surface area contributed by atoms with Gasteiger partial charge in [0.25, 0.3) is 0 Å². The number of likely N-dealkylation sites (tertiary alicyclic amines) is 1. The Hall–Kier alpha value is -1.43. The van der Waals surface area contributed by atoms with Crippen molar-refractivity contribution in [2.75, 3.05) is 13.1 Å². The molecule has 1 aliphatic carbocycles. The highest BCUT2D eigenvalue weighted by Crippen LogP contribution is 2.30. The summed E-state index contributed by atoms with van der Waals surface area (Å²) in [6.07, 6.45) is 5.35. The molecule has 1 saturated carbocycles. The molecule has 2 amide bonds. The normalized spacial score (nSPS) is 21.6. The van der Waals surface area contributed by atoms with Crippen LogP contribution < -0.4 is 5.32 Å². The van der Waals surface area contributed by atoms with E-state index in [1.54, 1.807) is 11.3 Å². The van der Waals surface area contributed by atoms with Gasteiger partial charge in [0, 0.05) is 36.2 Å². The molecule has 1 aromatic rings. The molecule has 2 heterocycles. The van der Waals surface area contributed by atoms with E-state index in [0.29, 0.717) is 12.5 Å². The first kappa shape index (κ1) is 17.4. The van der Waals surface area contributed by atoms with E-state index in [4.69, 9.17) is 4.98 Å². The second-order valence-corrected chi connectivity index (χ2v) is 8.19. The zero-order valence-electron chi connectivity index (χ0n) is 14.6. The Kier molecular flexibility index (Phi) is 5.54. The van der Waals surface area contributed by atoms with Gasteiger partial charge in [-0.25, -0.2) is 4.98 Å². The largest absolute Gasteiger partial charge is 0.350 e. The van der Waals surface area contributed by atoms with Gasteiger partial charge in [0.15, 0.2) is 0 Å². The van der Waals surface area contributed by atoms with E-state index in [1.165, 1.54) is 6.42 Å². The molecule has 0 aromatic carbocycles. The van der Waals surface area contributed by atoms with E-state index in [-0.39, 0.29) is 23.7 Å². The summed E-state index contributed by atoms with van der Waals surface area (Å²) in [5.74, 6) is 1.02. The van der Waals surface area contributed by atoms with Crippen LogP contribution in [-0.4, -0.2) is 34.8 Å². The zero-order chi connectivity index (χ0) is 17.1. The molecule has 0 radical (unpaired) electrons. The number of carbonyl (C=O) groups excluding carboxylic acids is 2. The third kappa shape index (κ3) is 3.97. The molecule has 1 aliphatic heterocycles. The van der Waals surface area contributed by atoms with Gasteiger partial charge in [-0.2, -0.15) is 0 Å². The molecular formula is C18H27N3O2S. The van der Waals surface area contributed by atoms with Crippen molar-refractivity contribution in [3.8, 4) is 0 Å². The molecule has 1 N–H and O–H groups in total. The fourth-order valence-corrected chi connectivity index (χ4v) is 4.28. The molecule has 24 heavy (non-hydrogen) atoms. The molecule has 2 fully saturated rings. The van der Waals surface area contributed by atoms with Crippen LogP contribution in [0.25, 0.3) is 0 Å². The number of hydrogen-bond acceptors (Lipinski definition) is 4. The first-order chi connectivity index (χ1) is 11.5. The number of amides is 2. The second kappa shape index (κ2) is 7.64. The number of piperidine rings is 1. The topological polar surface area (TPSA) is 62.3 Å². The van der Waals surface area contributed by atoms with Crippen LogP contribution in [-0.2, 0) is 16.1 Å². The fraction of sp³-hybridized carbons (Fsp3) is 0.722. The van der Waals surface area contributed by atoms with E-state index in [0.717, 1.165) is 49.5 Å². The Labute approximate surface area is 147 Å². The van der Waals surface area contributed by atoms with Crippen molar-refractivity contribution >= 4 is 23.2 Å². The maximum atomic E-state index is 12.2. The number of aromatic nitrogens is 1. The lowest BCUT2D eigenvalue weighted by Crippen LogP contribution is -2.41. The summed E-state index contributed by atoms with van der Waals surface area (Å²) in [6.45, 7) is 6.07. The average Bonchev–Trinajstić information content (AvgIpc) is 2.99. The van der Waals surface area contributed by atoms with Crippen molar-refractivity contribution in [3.05, 3.63) is 16.1 Å². The molecule has 0 unspecified atom stereocenters. The lowest BCUT2D eigenvalue weighted by molar-refractivity contribution is -0.135. The molecule has 0 spiro atoms.